The number of thiazole rings is 1. The van der Waals surface area contributed by atoms with E-state index in [0.29, 0.717) is 11.7 Å². The van der Waals surface area contributed by atoms with Crippen LogP contribution in [0.2, 0.25) is 0 Å². The number of nitrogens with zero attached hydrogens (tertiary/aromatic N) is 2. The highest BCUT2D eigenvalue weighted by molar-refractivity contribution is 7.13. The summed E-state index contributed by atoms with van der Waals surface area (Å²) in [4.78, 5) is 31.0. The Bertz CT molecular complexity index is 822. The number of hydrogen-bond acceptors (Lipinski definition) is 4. The summed E-state index contributed by atoms with van der Waals surface area (Å²) in [6, 6.07) is 7.84. The van der Waals surface area contributed by atoms with Crippen molar-refractivity contribution in [1.29, 1.82) is 0 Å². The zero-order valence-corrected chi connectivity index (χ0v) is 16.5. The van der Waals surface area contributed by atoms with Crippen LogP contribution in [-0.4, -0.2) is 28.2 Å². The number of rotatable bonds is 3. The van der Waals surface area contributed by atoms with E-state index in [0.717, 1.165) is 17.7 Å². The van der Waals surface area contributed by atoms with E-state index in [1.807, 2.05) is 23.6 Å². The summed E-state index contributed by atoms with van der Waals surface area (Å²) in [6.07, 6.45) is 1.07. The highest BCUT2D eigenvalue weighted by Crippen LogP contribution is 2.33. The Morgan fingerprint density at radius 1 is 1.31 bits per heavy atom. The lowest BCUT2D eigenvalue weighted by Gasteiger charge is -2.36. The highest BCUT2D eigenvalue weighted by Gasteiger charge is 2.30. The maximum Gasteiger partial charge on any atom is 0.228 e. The van der Waals surface area contributed by atoms with Gasteiger partial charge in [-0.15, -0.1) is 11.3 Å². The van der Waals surface area contributed by atoms with Crippen LogP contribution in [0.1, 0.15) is 57.0 Å². The van der Waals surface area contributed by atoms with Crippen LogP contribution in [0.5, 0.6) is 0 Å². The predicted molar refractivity (Wildman–Crippen MR) is 104 cm³/mol. The maximum atomic E-state index is 12.6. The van der Waals surface area contributed by atoms with Crippen molar-refractivity contribution in [2.45, 2.75) is 52.0 Å². The molecule has 0 spiro atoms. The molecule has 6 heteroatoms. The normalized spacial score (nSPS) is 16.9. The summed E-state index contributed by atoms with van der Waals surface area (Å²) in [6.45, 7) is 8.50. The van der Waals surface area contributed by atoms with Crippen molar-refractivity contribution < 1.29 is 9.59 Å². The number of fused-ring (bicyclic) bond motifs is 1. The average Bonchev–Trinajstić information content (AvgIpc) is 3.03. The zero-order chi connectivity index (χ0) is 18.9. The third kappa shape index (κ3) is 3.96. The summed E-state index contributed by atoms with van der Waals surface area (Å²) in [5.41, 5.74) is 3.20. The Labute approximate surface area is 158 Å². The molecule has 1 unspecified atom stereocenters. The molecule has 2 heterocycles. The SMILES string of the molecule is CC(=O)N1CCc2ccccc2C1CC(=O)Nc1nc(C(C)(C)C)cs1. The molecule has 2 aromatic rings. The second-order valence-electron chi connectivity index (χ2n) is 7.72. The number of amides is 2. The van der Waals surface area contributed by atoms with Gasteiger partial charge in [-0.1, -0.05) is 45.0 Å². The van der Waals surface area contributed by atoms with E-state index in [-0.39, 0.29) is 29.7 Å². The Hall–Kier alpha value is -2.21. The van der Waals surface area contributed by atoms with Gasteiger partial charge in [-0.25, -0.2) is 4.98 Å². The molecule has 0 radical (unpaired) electrons. The highest BCUT2D eigenvalue weighted by atomic mass is 32.1. The van der Waals surface area contributed by atoms with E-state index < -0.39 is 0 Å². The molecule has 1 aromatic heterocycles. The number of hydrogen-bond donors (Lipinski definition) is 1. The third-order valence-electron chi connectivity index (χ3n) is 4.71. The van der Waals surface area contributed by atoms with E-state index >= 15 is 0 Å². The average molecular weight is 372 g/mol. The van der Waals surface area contributed by atoms with Crippen molar-refractivity contribution in [3.05, 3.63) is 46.5 Å². The fraction of sp³-hybridized carbons (Fsp3) is 0.450. The molecular weight excluding hydrogens is 346 g/mol. The van der Waals surface area contributed by atoms with Crippen LogP contribution in [0.25, 0.3) is 0 Å². The van der Waals surface area contributed by atoms with Gasteiger partial charge in [-0.05, 0) is 17.5 Å². The van der Waals surface area contributed by atoms with Gasteiger partial charge in [0.1, 0.15) is 0 Å². The Balaban J connectivity index is 1.76. The molecule has 1 aromatic carbocycles. The fourth-order valence-corrected chi connectivity index (χ4v) is 4.22. The van der Waals surface area contributed by atoms with Gasteiger partial charge in [0, 0.05) is 24.3 Å². The maximum absolute atomic E-state index is 12.6. The molecule has 138 valence electrons. The Morgan fingerprint density at radius 2 is 2.04 bits per heavy atom. The van der Waals surface area contributed by atoms with Crippen LogP contribution in [-0.2, 0) is 21.4 Å². The zero-order valence-electron chi connectivity index (χ0n) is 15.7. The molecule has 26 heavy (non-hydrogen) atoms. The van der Waals surface area contributed by atoms with Crippen LogP contribution < -0.4 is 5.32 Å². The van der Waals surface area contributed by atoms with Gasteiger partial charge in [0.15, 0.2) is 5.13 Å². The number of carbonyl (C=O) groups excluding carboxylic acids is 2. The minimum absolute atomic E-state index is 0.00145. The second-order valence-corrected chi connectivity index (χ2v) is 8.58. The topological polar surface area (TPSA) is 62.3 Å². The summed E-state index contributed by atoms with van der Waals surface area (Å²) in [5, 5.41) is 5.49. The van der Waals surface area contributed by atoms with Crippen molar-refractivity contribution in [1.82, 2.24) is 9.88 Å². The quantitative estimate of drug-likeness (QED) is 0.890. The Kier molecular flexibility index (Phi) is 5.14. The number of benzene rings is 1. The summed E-state index contributed by atoms with van der Waals surface area (Å²) in [7, 11) is 0. The van der Waals surface area contributed by atoms with E-state index in [2.05, 4.69) is 37.1 Å². The summed E-state index contributed by atoms with van der Waals surface area (Å²) in [5.74, 6) is -0.116. The van der Waals surface area contributed by atoms with E-state index in [1.165, 1.54) is 16.9 Å². The van der Waals surface area contributed by atoms with Crippen LogP contribution in [0.4, 0.5) is 5.13 Å². The fourth-order valence-electron chi connectivity index (χ4n) is 3.27. The lowest BCUT2D eigenvalue weighted by atomic mass is 9.90. The van der Waals surface area contributed by atoms with Crippen molar-refractivity contribution in [2.24, 2.45) is 0 Å². The molecule has 0 aliphatic carbocycles. The van der Waals surface area contributed by atoms with Gasteiger partial charge in [0.2, 0.25) is 11.8 Å². The molecule has 2 amide bonds. The third-order valence-corrected chi connectivity index (χ3v) is 5.47. The van der Waals surface area contributed by atoms with Crippen LogP contribution in [0.3, 0.4) is 0 Å². The van der Waals surface area contributed by atoms with Gasteiger partial charge in [0.05, 0.1) is 18.2 Å². The van der Waals surface area contributed by atoms with Gasteiger partial charge in [-0.2, -0.15) is 0 Å². The molecule has 0 fully saturated rings. The van der Waals surface area contributed by atoms with Gasteiger partial charge < -0.3 is 10.2 Å². The first kappa shape index (κ1) is 18.6. The molecule has 5 nitrogen and oxygen atoms in total. The summed E-state index contributed by atoms with van der Waals surface area (Å²) >= 11 is 1.44. The minimum atomic E-state index is -0.223. The van der Waals surface area contributed by atoms with Crippen molar-refractivity contribution in [2.75, 3.05) is 11.9 Å². The molecule has 1 N–H and O–H groups in total. The van der Waals surface area contributed by atoms with Crippen LogP contribution in [0.15, 0.2) is 29.6 Å². The van der Waals surface area contributed by atoms with E-state index in [4.69, 9.17) is 0 Å². The first-order valence-electron chi connectivity index (χ1n) is 8.86. The second kappa shape index (κ2) is 7.19. The number of aromatic nitrogens is 1. The van der Waals surface area contributed by atoms with Crippen LogP contribution >= 0.6 is 11.3 Å². The predicted octanol–water partition coefficient (Wildman–Crippen LogP) is 3.92. The molecule has 3 rings (SSSR count). The number of carbonyl (C=O) groups is 2. The van der Waals surface area contributed by atoms with E-state index in [9.17, 15) is 9.59 Å². The van der Waals surface area contributed by atoms with Gasteiger partial charge in [0.25, 0.3) is 0 Å². The minimum Gasteiger partial charge on any atom is -0.335 e. The van der Waals surface area contributed by atoms with Crippen molar-refractivity contribution in [3.63, 3.8) is 0 Å². The summed E-state index contributed by atoms with van der Waals surface area (Å²) < 4.78 is 0. The number of nitrogens with one attached hydrogen (secondary N) is 1. The molecular formula is C20H25N3O2S. The monoisotopic (exact) mass is 371 g/mol. The lowest BCUT2D eigenvalue weighted by molar-refractivity contribution is -0.132. The largest absolute Gasteiger partial charge is 0.335 e. The van der Waals surface area contributed by atoms with Crippen LogP contribution in [0, 0.1) is 0 Å². The van der Waals surface area contributed by atoms with Gasteiger partial charge in [-0.3, -0.25) is 9.59 Å². The molecule has 0 bridgehead atoms. The smallest absolute Gasteiger partial charge is 0.228 e. The van der Waals surface area contributed by atoms with E-state index in [1.54, 1.807) is 11.8 Å². The standard InChI is InChI=1S/C20H25N3O2S/c1-13(24)23-10-9-14-7-5-6-8-15(14)16(23)11-18(25)22-19-21-17(12-26-19)20(2,3)4/h5-8,12,16H,9-11H2,1-4H3,(H,21,22,25). The molecule has 0 saturated heterocycles. The molecule has 1 aliphatic rings. The molecule has 0 saturated carbocycles. The Morgan fingerprint density at radius 3 is 2.69 bits per heavy atom. The molecule has 1 aliphatic heterocycles. The van der Waals surface area contributed by atoms with Gasteiger partial charge >= 0.3 is 0 Å². The molecule has 1 atom stereocenters. The lowest BCUT2D eigenvalue weighted by Crippen LogP contribution is -2.40. The first-order chi connectivity index (χ1) is 12.3. The van der Waals surface area contributed by atoms with Crippen molar-refractivity contribution in [3.8, 4) is 0 Å². The number of anilines is 1. The first-order valence-corrected chi connectivity index (χ1v) is 9.74. The van der Waals surface area contributed by atoms with Crippen molar-refractivity contribution >= 4 is 28.3 Å².